The van der Waals surface area contributed by atoms with Gasteiger partial charge in [-0.05, 0) is 73.1 Å². The molecule has 0 aliphatic heterocycles. The highest BCUT2D eigenvalue weighted by molar-refractivity contribution is 7.80. The monoisotopic (exact) mass is 342 g/mol. The van der Waals surface area contributed by atoms with Gasteiger partial charge >= 0.3 is 0 Å². The molecule has 0 saturated heterocycles. The lowest BCUT2D eigenvalue weighted by molar-refractivity contribution is 0.187. The maximum absolute atomic E-state index is 4.39. The second-order valence-electron chi connectivity index (χ2n) is 8.09. The van der Waals surface area contributed by atoms with E-state index in [2.05, 4.69) is 49.9 Å². The molecule has 0 N–H and O–H groups in total. The molecular formula is C23H34S. The molecule has 0 spiro atoms. The molecule has 0 amide bonds. The van der Waals surface area contributed by atoms with Crippen LogP contribution in [0.4, 0.5) is 0 Å². The van der Waals surface area contributed by atoms with Crippen LogP contribution in [0, 0.1) is 17.8 Å². The van der Waals surface area contributed by atoms with E-state index >= 15 is 0 Å². The minimum absolute atomic E-state index is 0.953. The van der Waals surface area contributed by atoms with Crippen LogP contribution in [0.5, 0.6) is 0 Å². The topological polar surface area (TPSA) is 0 Å². The van der Waals surface area contributed by atoms with Crippen molar-refractivity contribution in [2.24, 2.45) is 17.8 Å². The first kappa shape index (κ1) is 18.1. The fourth-order valence-electron chi connectivity index (χ4n) is 4.85. The third kappa shape index (κ3) is 4.91. The van der Waals surface area contributed by atoms with Gasteiger partial charge in [0.1, 0.15) is 0 Å². The average Bonchev–Trinajstić information content (AvgIpc) is 2.63. The summed E-state index contributed by atoms with van der Waals surface area (Å²) in [6.45, 7) is 2.31. The number of allylic oxidation sites excluding steroid dienone is 2. The van der Waals surface area contributed by atoms with Crippen LogP contribution in [0.1, 0.15) is 83.1 Å². The Morgan fingerprint density at radius 1 is 0.917 bits per heavy atom. The van der Waals surface area contributed by atoms with Crippen LogP contribution in [0.3, 0.4) is 0 Å². The third-order valence-electron chi connectivity index (χ3n) is 6.46. The Balaban J connectivity index is 1.46. The van der Waals surface area contributed by atoms with Gasteiger partial charge in [0.05, 0.1) is 0 Å². The number of hydrogen-bond acceptors (Lipinski definition) is 1. The molecule has 1 fully saturated rings. The molecule has 1 atom stereocenters. The Morgan fingerprint density at radius 2 is 1.67 bits per heavy atom. The summed E-state index contributed by atoms with van der Waals surface area (Å²) in [5, 5.41) is 0. The fraction of sp³-hybridized carbons (Fsp3) is 0.652. The van der Waals surface area contributed by atoms with E-state index in [1.165, 1.54) is 76.2 Å². The molecule has 0 bridgehead atoms. The SMILES string of the molecule is CCCCCC1CCC(C2CC=C(c3ccc(S)cc3)CC2)CC1. The predicted octanol–water partition coefficient (Wildman–Crippen LogP) is 7.55. The van der Waals surface area contributed by atoms with Gasteiger partial charge in [0.15, 0.2) is 0 Å². The van der Waals surface area contributed by atoms with E-state index in [0.29, 0.717) is 0 Å². The zero-order chi connectivity index (χ0) is 16.8. The molecule has 0 radical (unpaired) electrons. The lowest BCUT2D eigenvalue weighted by atomic mass is 9.70. The summed E-state index contributed by atoms with van der Waals surface area (Å²) < 4.78 is 0. The van der Waals surface area contributed by atoms with Gasteiger partial charge in [0.2, 0.25) is 0 Å². The summed E-state index contributed by atoms with van der Waals surface area (Å²) in [5.41, 5.74) is 2.97. The first-order valence-electron chi connectivity index (χ1n) is 10.2. The summed E-state index contributed by atoms with van der Waals surface area (Å²) in [6, 6.07) is 8.70. The van der Waals surface area contributed by atoms with Crippen molar-refractivity contribution in [3.63, 3.8) is 0 Å². The second kappa shape index (κ2) is 9.13. The molecule has 1 aromatic carbocycles. The summed E-state index contributed by atoms with van der Waals surface area (Å²) in [7, 11) is 0. The molecule has 132 valence electrons. The van der Waals surface area contributed by atoms with E-state index in [-0.39, 0.29) is 0 Å². The molecule has 0 nitrogen and oxygen atoms in total. The van der Waals surface area contributed by atoms with E-state index in [1.807, 2.05) is 0 Å². The van der Waals surface area contributed by atoms with Crippen LogP contribution in [-0.2, 0) is 0 Å². The highest BCUT2D eigenvalue weighted by Gasteiger charge is 2.28. The summed E-state index contributed by atoms with van der Waals surface area (Å²) in [4.78, 5) is 1.06. The normalized spacial score (nSPS) is 27.8. The van der Waals surface area contributed by atoms with Crippen molar-refractivity contribution in [3.05, 3.63) is 35.9 Å². The summed E-state index contributed by atoms with van der Waals surface area (Å²) >= 11 is 4.39. The highest BCUT2D eigenvalue weighted by Crippen LogP contribution is 2.42. The van der Waals surface area contributed by atoms with Gasteiger partial charge in [-0.15, -0.1) is 12.6 Å². The zero-order valence-electron chi connectivity index (χ0n) is 15.3. The van der Waals surface area contributed by atoms with Gasteiger partial charge < -0.3 is 0 Å². The second-order valence-corrected chi connectivity index (χ2v) is 8.60. The first-order valence-corrected chi connectivity index (χ1v) is 10.7. The molecule has 2 aliphatic carbocycles. The molecule has 0 heterocycles. The number of rotatable bonds is 6. The van der Waals surface area contributed by atoms with Crippen molar-refractivity contribution in [1.29, 1.82) is 0 Å². The summed E-state index contributed by atoms with van der Waals surface area (Å²) in [6.07, 6.45) is 18.3. The Hall–Kier alpha value is -0.690. The van der Waals surface area contributed by atoms with Crippen LogP contribution in [0.15, 0.2) is 35.2 Å². The number of hydrogen-bond donors (Lipinski definition) is 1. The Kier molecular flexibility index (Phi) is 6.89. The van der Waals surface area contributed by atoms with Crippen molar-refractivity contribution in [2.45, 2.75) is 82.4 Å². The molecular weight excluding hydrogens is 308 g/mol. The van der Waals surface area contributed by atoms with Gasteiger partial charge in [0.25, 0.3) is 0 Å². The third-order valence-corrected chi connectivity index (χ3v) is 6.76. The molecule has 1 unspecified atom stereocenters. The maximum Gasteiger partial charge on any atom is 0.00403 e. The predicted molar refractivity (Wildman–Crippen MR) is 109 cm³/mol. The van der Waals surface area contributed by atoms with Gasteiger partial charge in [-0.2, -0.15) is 0 Å². The molecule has 3 rings (SSSR count). The van der Waals surface area contributed by atoms with Crippen molar-refractivity contribution in [1.82, 2.24) is 0 Å². The average molecular weight is 343 g/mol. The van der Waals surface area contributed by atoms with Crippen LogP contribution in [0.2, 0.25) is 0 Å². The van der Waals surface area contributed by atoms with E-state index < -0.39 is 0 Å². The van der Waals surface area contributed by atoms with E-state index in [4.69, 9.17) is 0 Å². The van der Waals surface area contributed by atoms with Gasteiger partial charge in [-0.1, -0.05) is 63.7 Å². The van der Waals surface area contributed by atoms with Crippen molar-refractivity contribution >= 4 is 18.2 Å². The lowest BCUT2D eigenvalue weighted by Gasteiger charge is -2.35. The number of thiol groups is 1. The van der Waals surface area contributed by atoms with E-state index in [9.17, 15) is 0 Å². The zero-order valence-corrected chi connectivity index (χ0v) is 16.2. The Morgan fingerprint density at radius 3 is 2.29 bits per heavy atom. The van der Waals surface area contributed by atoms with Gasteiger partial charge in [-0.25, -0.2) is 0 Å². The smallest absolute Gasteiger partial charge is 0.00403 e. The first-order chi connectivity index (χ1) is 11.8. The molecule has 0 aromatic heterocycles. The van der Waals surface area contributed by atoms with Gasteiger partial charge in [-0.3, -0.25) is 0 Å². The number of unbranched alkanes of at least 4 members (excludes halogenated alkanes) is 2. The van der Waals surface area contributed by atoms with Crippen molar-refractivity contribution < 1.29 is 0 Å². The van der Waals surface area contributed by atoms with E-state index in [0.717, 1.165) is 22.6 Å². The molecule has 1 heteroatoms. The molecule has 1 saturated carbocycles. The van der Waals surface area contributed by atoms with Crippen molar-refractivity contribution in [2.75, 3.05) is 0 Å². The number of benzene rings is 1. The maximum atomic E-state index is 4.39. The molecule has 24 heavy (non-hydrogen) atoms. The molecule has 1 aromatic rings. The van der Waals surface area contributed by atoms with Crippen molar-refractivity contribution in [3.8, 4) is 0 Å². The van der Waals surface area contributed by atoms with Crippen LogP contribution in [0.25, 0.3) is 5.57 Å². The minimum Gasteiger partial charge on any atom is -0.143 e. The summed E-state index contributed by atoms with van der Waals surface area (Å²) in [5.74, 6) is 3.00. The minimum atomic E-state index is 0.953. The van der Waals surface area contributed by atoms with Crippen LogP contribution < -0.4 is 0 Å². The fourth-order valence-corrected chi connectivity index (χ4v) is 5.00. The van der Waals surface area contributed by atoms with Crippen LogP contribution >= 0.6 is 12.6 Å². The Labute approximate surface area is 154 Å². The standard InChI is InChI=1S/C23H34S/c1-2-3-4-5-18-6-8-19(9-7-18)20-10-12-21(13-11-20)22-14-16-23(24)17-15-22/h12,14-20,24H,2-11,13H2,1H3. The Bertz CT molecular complexity index is 519. The lowest BCUT2D eigenvalue weighted by Crippen LogP contribution is -2.23. The largest absolute Gasteiger partial charge is 0.143 e. The van der Waals surface area contributed by atoms with Crippen LogP contribution in [-0.4, -0.2) is 0 Å². The van der Waals surface area contributed by atoms with Gasteiger partial charge in [0, 0.05) is 4.90 Å². The van der Waals surface area contributed by atoms with E-state index in [1.54, 1.807) is 5.57 Å². The molecule has 2 aliphatic rings. The highest BCUT2D eigenvalue weighted by atomic mass is 32.1. The quantitative estimate of drug-likeness (QED) is 0.400.